The van der Waals surface area contributed by atoms with Crippen LogP contribution in [0.2, 0.25) is 0 Å². The molecule has 3 heteroatoms. The minimum Gasteiger partial charge on any atom is -0.356 e. The molecule has 0 fully saturated rings. The van der Waals surface area contributed by atoms with Gasteiger partial charge in [-0.15, -0.1) is 0 Å². The zero-order valence-corrected chi connectivity index (χ0v) is 7.85. The predicted molar refractivity (Wildman–Crippen MR) is 47.8 cm³/mol. The summed E-state index contributed by atoms with van der Waals surface area (Å²) in [7, 11) is 0. The number of hydrogen-bond acceptors (Lipinski definition) is 2. The molecule has 0 spiro atoms. The van der Waals surface area contributed by atoms with Gasteiger partial charge >= 0.3 is 0 Å². The number of rotatable bonds is 6. The van der Waals surface area contributed by atoms with Crippen LogP contribution in [0.4, 0.5) is 0 Å². The second-order valence-electron chi connectivity index (χ2n) is 2.88. The molecule has 3 nitrogen and oxygen atoms in total. The summed E-state index contributed by atoms with van der Waals surface area (Å²) >= 11 is 0. The zero-order chi connectivity index (χ0) is 9.40. The molecular weight excluding hydrogens is 154 g/mol. The van der Waals surface area contributed by atoms with Gasteiger partial charge in [-0.1, -0.05) is 6.92 Å². The fourth-order valence-corrected chi connectivity index (χ4v) is 0.954. The highest BCUT2D eigenvalue weighted by molar-refractivity contribution is 5.78. The maximum Gasteiger partial charge on any atom is 0.216 e. The third-order valence-electron chi connectivity index (χ3n) is 1.54. The second kappa shape index (κ2) is 6.83. The average Bonchev–Trinajstić information content (AvgIpc) is 1.98. The van der Waals surface area contributed by atoms with Crippen molar-refractivity contribution in [2.24, 2.45) is 0 Å². The fraction of sp³-hybridized carbons (Fsp3) is 0.778. The summed E-state index contributed by atoms with van der Waals surface area (Å²) in [5, 5.41) is 2.65. The predicted octanol–water partition coefficient (Wildman–Crippen LogP) is 1.27. The summed E-state index contributed by atoms with van der Waals surface area (Å²) in [4.78, 5) is 21.4. The van der Waals surface area contributed by atoms with Crippen LogP contribution in [0.3, 0.4) is 0 Å². The lowest BCUT2D eigenvalue weighted by Crippen LogP contribution is -2.21. The lowest BCUT2D eigenvalue weighted by molar-refractivity contribution is -0.120. The van der Waals surface area contributed by atoms with Crippen LogP contribution in [0.5, 0.6) is 0 Å². The Morgan fingerprint density at radius 3 is 2.42 bits per heavy atom. The van der Waals surface area contributed by atoms with E-state index < -0.39 is 0 Å². The number of ketones is 1. The number of Topliss-reactive ketones (excluding diaryl/α,β-unsaturated/α-hetero) is 1. The highest BCUT2D eigenvalue weighted by Crippen LogP contribution is 1.96. The standard InChI is InChI=1S/C9H17NO2/c1-3-5-9(12)6-4-7-10-8(2)11/h3-7H2,1-2H3,(H,10,11). The monoisotopic (exact) mass is 171 g/mol. The van der Waals surface area contributed by atoms with E-state index in [1.165, 1.54) is 6.92 Å². The van der Waals surface area contributed by atoms with E-state index in [0.29, 0.717) is 25.2 Å². The zero-order valence-electron chi connectivity index (χ0n) is 7.85. The summed E-state index contributed by atoms with van der Waals surface area (Å²) in [6, 6.07) is 0. The molecule has 0 saturated carbocycles. The van der Waals surface area contributed by atoms with Gasteiger partial charge in [0.2, 0.25) is 5.91 Å². The lowest BCUT2D eigenvalue weighted by Gasteiger charge is -2.00. The smallest absolute Gasteiger partial charge is 0.216 e. The number of carbonyl (C=O) groups is 2. The van der Waals surface area contributed by atoms with E-state index in [4.69, 9.17) is 0 Å². The van der Waals surface area contributed by atoms with Gasteiger partial charge in [0.15, 0.2) is 0 Å². The third-order valence-corrected chi connectivity index (χ3v) is 1.54. The maximum absolute atomic E-state index is 11.0. The first-order valence-corrected chi connectivity index (χ1v) is 4.43. The van der Waals surface area contributed by atoms with Crippen LogP contribution in [0.25, 0.3) is 0 Å². The average molecular weight is 171 g/mol. The molecule has 0 aliphatic heterocycles. The van der Waals surface area contributed by atoms with Crippen LogP contribution in [0.1, 0.15) is 39.5 Å². The molecule has 1 amide bonds. The van der Waals surface area contributed by atoms with Gasteiger partial charge in [-0.25, -0.2) is 0 Å². The van der Waals surface area contributed by atoms with Crippen LogP contribution in [0.15, 0.2) is 0 Å². The molecule has 0 radical (unpaired) electrons. The van der Waals surface area contributed by atoms with Gasteiger partial charge in [-0.2, -0.15) is 0 Å². The molecule has 0 aromatic heterocycles. The molecule has 12 heavy (non-hydrogen) atoms. The van der Waals surface area contributed by atoms with E-state index >= 15 is 0 Å². The minimum absolute atomic E-state index is 0.0297. The molecule has 0 aliphatic rings. The van der Waals surface area contributed by atoms with Crippen molar-refractivity contribution in [2.45, 2.75) is 39.5 Å². The van der Waals surface area contributed by atoms with Gasteiger partial charge in [0, 0.05) is 26.3 Å². The highest BCUT2D eigenvalue weighted by atomic mass is 16.1. The van der Waals surface area contributed by atoms with E-state index in [0.717, 1.165) is 12.8 Å². The molecule has 70 valence electrons. The molecule has 0 aromatic rings. The quantitative estimate of drug-likeness (QED) is 0.612. The highest BCUT2D eigenvalue weighted by Gasteiger charge is 1.99. The molecule has 0 aromatic carbocycles. The van der Waals surface area contributed by atoms with Gasteiger partial charge in [0.25, 0.3) is 0 Å². The SMILES string of the molecule is CCCC(=O)CCCNC(C)=O. The van der Waals surface area contributed by atoms with Crippen LogP contribution in [-0.4, -0.2) is 18.2 Å². The number of nitrogens with one attached hydrogen (secondary N) is 1. The van der Waals surface area contributed by atoms with Crippen molar-refractivity contribution in [1.29, 1.82) is 0 Å². The first-order valence-electron chi connectivity index (χ1n) is 4.43. The first kappa shape index (κ1) is 11.1. The van der Waals surface area contributed by atoms with Gasteiger partial charge in [0.05, 0.1) is 0 Å². The van der Waals surface area contributed by atoms with Crippen LogP contribution >= 0.6 is 0 Å². The molecule has 0 saturated heterocycles. The molecular formula is C9H17NO2. The fourth-order valence-electron chi connectivity index (χ4n) is 0.954. The Hall–Kier alpha value is -0.860. The largest absolute Gasteiger partial charge is 0.356 e. The van der Waals surface area contributed by atoms with Gasteiger partial charge < -0.3 is 5.32 Å². The minimum atomic E-state index is -0.0297. The normalized spacial score (nSPS) is 9.50. The second-order valence-corrected chi connectivity index (χ2v) is 2.88. The van der Waals surface area contributed by atoms with Gasteiger partial charge in [-0.3, -0.25) is 9.59 Å². The Morgan fingerprint density at radius 2 is 1.92 bits per heavy atom. The molecule has 0 atom stereocenters. The van der Waals surface area contributed by atoms with Gasteiger partial charge in [0.1, 0.15) is 5.78 Å². The van der Waals surface area contributed by atoms with E-state index in [-0.39, 0.29) is 5.91 Å². The van der Waals surface area contributed by atoms with Crippen molar-refractivity contribution in [3.63, 3.8) is 0 Å². The van der Waals surface area contributed by atoms with Crippen LogP contribution in [0, 0.1) is 0 Å². The summed E-state index contributed by atoms with van der Waals surface area (Å²) in [6.45, 7) is 4.09. The number of carbonyl (C=O) groups excluding carboxylic acids is 2. The molecule has 1 N–H and O–H groups in total. The Bertz CT molecular complexity index is 155. The molecule has 0 aliphatic carbocycles. The summed E-state index contributed by atoms with van der Waals surface area (Å²) in [5.74, 6) is 0.265. The van der Waals surface area contributed by atoms with Crippen LogP contribution in [-0.2, 0) is 9.59 Å². The van der Waals surface area contributed by atoms with Crippen LogP contribution < -0.4 is 5.32 Å². The lowest BCUT2D eigenvalue weighted by atomic mass is 10.1. The third kappa shape index (κ3) is 7.25. The summed E-state index contributed by atoms with van der Waals surface area (Å²) in [5.41, 5.74) is 0. The summed E-state index contributed by atoms with van der Waals surface area (Å²) in [6.07, 6.45) is 2.94. The summed E-state index contributed by atoms with van der Waals surface area (Å²) < 4.78 is 0. The van der Waals surface area contributed by atoms with Crippen molar-refractivity contribution in [3.05, 3.63) is 0 Å². The molecule has 0 rings (SSSR count). The Balaban J connectivity index is 3.19. The molecule has 0 unspecified atom stereocenters. The number of hydrogen-bond donors (Lipinski definition) is 1. The van der Waals surface area contributed by atoms with E-state index in [9.17, 15) is 9.59 Å². The van der Waals surface area contributed by atoms with Crippen molar-refractivity contribution >= 4 is 11.7 Å². The van der Waals surface area contributed by atoms with Gasteiger partial charge in [-0.05, 0) is 12.8 Å². The Kier molecular flexibility index (Phi) is 6.34. The maximum atomic E-state index is 11.0. The van der Waals surface area contributed by atoms with Crippen molar-refractivity contribution in [3.8, 4) is 0 Å². The van der Waals surface area contributed by atoms with Crippen molar-refractivity contribution in [2.75, 3.05) is 6.54 Å². The first-order chi connectivity index (χ1) is 5.66. The topological polar surface area (TPSA) is 46.2 Å². The Morgan fingerprint density at radius 1 is 1.25 bits per heavy atom. The van der Waals surface area contributed by atoms with Crippen molar-refractivity contribution < 1.29 is 9.59 Å². The van der Waals surface area contributed by atoms with E-state index in [1.807, 2.05) is 6.92 Å². The number of amides is 1. The van der Waals surface area contributed by atoms with E-state index in [2.05, 4.69) is 5.32 Å². The molecule has 0 bridgehead atoms. The van der Waals surface area contributed by atoms with Crippen molar-refractivity contribution in [1.82, 2.24) is 5.32 Å². The Labute approximate surface area is 73.5 Å². The van der Waals surface area contributed by atoms with E-state index in [1.54, 1.807) is 0 Å². The molecule has 0 heterocycles.